The van der Waals surface area contributed by atoms with Crippen molar-refractivity contribution in [3.8, 4) is 0 Å². The van der Waals surface area contributed by atoms with Crippen LogP contribution in [-0.2, 0) is 16.0 Å². The molecule has 0 saturated carbocycles. The number of rotatable bonds is 4. The number of hydrogen-bond donors (Lipinski definition) is 2. The molecule has 0 radical (unpaired) electrons. The Labute approximate surface area is 144 Å². The predicted molar refractivity (Wildman–Crippen MR) is 90.5 cm³/mol. The van der Waals surface area contributed by atoms with Gasteiger partial charge in [-0.25, -0.2) is 4.39 Å². The zero-order valence-electron chi connectivity index (χ0n) is 13.6. The normalized spacial score (nSPS) is 16.6. The van der Waals surface area contributed by atoms with Crippen LogP contribution >= 0.6 is 0 Å². The first-order valence-electron chi connectivity index (χ1n) is 7.92. The zero-order chi connectivity index (χ0) is 18.0. The van der Waals surface area contributed by atoms with Crippen molar-refractivity contribution >= 4 is 23.4 Å². The number of halogens is 1. The number of benzene rings is 2. The van der Waals surface area contributed by atoms with Gasteiger partial charge >= 0.3 is 0 Å². The second kappa shape index (κ2) is 6.84. The van der Waals surface area contributed by atoms with Crippen molar-refractivity contribution in [2.75, 3.05) is 5.32 Å². The molecule has 0 aromatic heterocycles. The van der Waals surface area contributed by atoms with Crippen LogP contribution in [0.2, 0.25) is 0 Å². The molecule has 1 heterocycles. The lowest BCUT2D eigenvalue weighted by atomic mass is 9.98. The summed E-state index contributed by atoms with van der Waals surface area (Å²) >= 11 is 0. The van der Waals surface area contributed by atoms with Crippen LogP contribution in [0, 0.1) is 18.7 Å². The lowest BCUT2D eigenvalue weighted by Gasteiger charge is -2.09. The van der Waals surface area contributed by atoms with Crippen LogP contribution in [0.15, 0.2) is 42.5 Å². The summed E-state index contributed by atoms with van der Waals surface area (Å²) in [4.78, 5) is 35.0. The van der Waals surface area contributed by atoms with Gasteiger partial charge in [0.05, 0.1) is 11.5 Å². The van der Waals surface area contributed by atoms with Crippen molar-refractivity contribution < 1.29 is 18.8 Å². The molecule has 1 atom stereocenters. The van der Waals surface area contributed by atoms with E-state index in [0.717, 1.165) is 11.1 Å². The van der Waals surface area contributed by atoms with Gasteiger partial charge in [0.2, 0.25) is 11.8 Å². The maximum Gasteiger partial charge on any atom is 0.258 e. The Balaban J connectivity index is 1.66. The average Bonchev–Trinajstić information content (AvgIpc) is 2.89. The monoisotopic (exact) mass is 340 g/mol. The summed E-state index contributed by atoms with van der Waals surface area (Å²) in [6.45, 7) is 1.79. The zero-order valence-corrected chi connectivity index (χ0v) is 13.6. The maximum absolute atomic E-state index is 13.8. The molecule has 25 heavy (non-hydrogen) atoms. The Morgan fingerprint density at radius 2 is 1.92 bits per heavy atom. The largest absolute Gasteiger partial charge is 0.322 e. The number of aryl methyl sites for hydroxylation is 1. The van der Waals surface area contributed by atoms with E-state index < -0.39 is 11.7 Å². The standard InChI is InChI=1S/C19H17FN2O3/c1-11-2-7-16(20)15(8-11)19(25)21-14-5-3-12(4-6-14)9-13-10-17(23)22-18(13)24/h2-8,13H,9-10H2,1H3,(H,21,25)(H,22,23,24)/t13-/m0/s1. The number of nitrogens with one attached hydrogen (secondary N) is 2. The minimum atomic E-state index is -0.573. The van der Waals surface area contributed by atoms with E-state index in [1.165, 1.54) is 12.1 Å². The number of carbonyl (C=O) groups excluding carboxylic acids is 3. The number of hydrogen-bond acceptors (Lipinski definition) is 3. The minimum absolute atomic E-state index is 0.00906. The summed E-state index contributed by atoms with van der Waals surface area (Å²) in [6, 6.07) is 11.3. The van der Waals surface area contributed by atoms with E-state index in [9.17, 15) is 18.8 Å². The Kier molecular flexibility index (Phi) is 4.61. The van der Waals surface area contributed by atoms with Crippen molar-refractivity contribution in [3.63, 3.8) is 0 Å². The van der Waals surface area contributed by atoms with Gasteiger partial charge in [-0.2, -0.15) is 0 Å². The van der Waals surface area contributed by atoms with Crippen LogP contribution in [0.4, 0.5) is 10.1 Å². The van der Waals surface area contributed by atoms with Crippen LogP contribution in [0.25, 0.3) is 0 Å². The quantitative estimate of drug-likeness (QED) is 0.840. The molecule has 0 unspecified atom stereocenters. The fourth-order valence-electron chi connectivity index (χ4n) is 2.79. The van der Waals surface area contributed by atoms with Crippen LogP contribution in [0.1, 0.15) is 27.9 Å². The molecule has 0 aliphatic carbocycles. The highest BCUT2D eigenvalue weighted by atomic mass is 19.1. The van der Waals surface area contributed by atoms with Gasteiger partial charge in [-0.3, -0.25) is 19.7 Å². The van der Waals surface area contributed by atoms with Gasteiger partial charge in [0.25, 0.3) is 5.91 Å². The molecular formula is C19H17FN2O3. The van der Waals surface area contributed by atoms with E-state index in [2.05, 4.69) is 10.6 Å². The van der Waals surface area contributed by atoms with Crippen molar-refractivity contribution in [2.24, 2.45) is 5.92 Å². The number of imide groups is 1. The first-order valence-corrected chi connectivity index (χ1v) is 7.92. The predicted octanol–water partition coefficient (Wildman–Crippen LogP) is 2.59. The van der Waals surface area contributed by atoms with Crippen LogP contribution < -0.4 is 10.6 Å². The molecule has 2 aromatic carbocycles. The summed E-state index contributed by atoms with van der Waals surface area (Å²) in [5.41, 5.74) is 2.20. The summed E-state index contributed by atoms with van der Waals surface area (Å²) in [6.07, 6.45) is 0.655. The van der Waals surface area contributed by atoms with E-state index in [1.54, 1.807) is 37.3 Å². The van der Waals surface area contributed by atoms with E-state index in [1.807, 2.05) is 0 Å². The fraction of sp³-hybridized carbons (Fsp3) is 0.211. The first kappa shape index (κ1) is 16.8. The number of carbonyl (C=O) groups is 3. The highest BCUT2D eigenvalue weighted by Gasteiger charge is 2.30. The molecule has 2 N–H and O–H groups in total. The third-order valence-corrected chi connectivity index (χ3v) is 4.13. The summed E-state index contributed by atoms with van der Waals surface area (Å²) in [5.74, 6) is -1.95. The number of amides is 3. The topological polar surface area (TPSA) is 75.3 Å². The highest BCUT2D eigenvalue weighted by Crippen LogP contribution is 2.19. The number of anilines is 1. The Bertz CT molecular complexity index is 846. The lowest BCUT2D eigenvalue weighted by Crippen LogP contribution is -2.22. The molecule has 3 rings (SSSR count). The molecule has 128 valence electrons. The third-order valence-electron chi connectivity index (χ3n) is 4.13. The van der Waals surface area contributed by atoms with Gasteiger partial charge in [0, 0.05) is 12.1 Å². The summed E-state index contributed by atoms with van der Waals surface area (Å²) < 4.78 is 13.8. The van der Waals surface area contributed by atoms with Gasteiger partial charge in [-0.05, 0) is 43.2 Å². The van der Waals surface area contributed by atoms with Gasteiger partial charge in [-0.15, -0.1) is 0 Å². The Morgan fingerprint density at radius 3 is 2.56 bits per heavy atom. The SMILES string of the molecule is Cc1ccc(F)c(C(=O)Nc2ccc(C[C@H]3CC(=O)NC3=O)cc2)c1. The second-order valence-corrected chi connectivity index (χ2v) is 6.15. The van der Waals surface area contributed by atoms with Crippen LogP contribution in [0.3, 0.4) is 0 Å². The van der Waals surface area contributed by atoms with Gasteiger partial charge in [0.1, 0.15) is 5.82 Å². The second-order valence-electron chi connectivity index (χ2n) is 6.15. The van der Waals surface area contributed by atoms with Gasteiger partial charge in [-0.1, -0.05) is 23.8 Å². The van der Waals surface area contributed by atoms with E-state index in [4.69, 9.17) is 0 Å². The Hall–Kier alpha value is -3.02. The molecular weight excluding hydrogens is 323 g/mol. The van der Waals surface area contributed by atoms with Crippen LogP contribution in [-0.4, -0.2) is 17.7 Å². The maximum atomic E-state index is 13.8. The molecule has 2 aromatic rings. The Morgan fingerprint density at radius 1 is 1.20 bits per heavy atom. The molecule has 1 saturated heterocycles. The molecule has 1 aliphatic rings. The molecule has 6 heteroatoms. The molecule has 5 nitrogen and oxygen atoms in total. The molecule has 1 fully saturated rings. The summed E-state index contributed by atoms with van der Waals surface area (Å²) in [5, 5.41) is 4.93. The van der Waals surface area contributed by atoms with Gasteiger partial charge < -0.3 is 5.32 Å². The van der Waals surface area contributed by atoms with Gasteiger partial charge in [0.15, 0.2) is 0 Å². The molecule has 0 spiro atoms. The van der Waals surface area contributed by atoms with Crippen molar-refractivity contribution in [2.45, 2.75) is 19.8 Å². The lowest BCUT2D eigenvalue weighted by molar-refractivity contribution is -0.125. The fourth-order valence-corrected chi connectivity index (χ4v) is 2.79. The molecule has 1 aliphatic heterocycles. The smallest absolute Gasteiger partial charge is 0.258 e. The molecule has 3 amide bonds. The minimum Gasteiger partial charge on any atom is -0.322 e. The van der Waals surface area contributed by atoms with Crippen LogP contribution in [0.5, 0.6) is 0 Å². The van der Waals surface area contributed by atoms with E-state index in [-0.39, 0.29) is 29.7 Å². The van der Waals surface area contributed by atoms with E-state index >= 15 is 0 Å². The average molecular weight is 340 g/mol. The van der Waals surface area contributed by atoms with Crippen molar-refractivity contribution in [3.05, 3.63) is 65.0 Å². The van der Waals surface area contributed by atoms with Crippen molar-refractivity contribution in [1.29, 1.82) is 0 Å². The van der Waals surface area contributed by atoms with Crippen molar-refractivity contribution in [1.82, 2.24) is 5.32 Å². The first-order chi connectivity index (χ1) is 11.9. The molecule has 0 bridgehead atoms. The van der Waals surface area contributed by atoms with E-state index in [0.29, 0.717) is 12.1 Å². The third kappa shape index (κ3) is 3.91. The highest BCUT2D eigenvalue weighted by molar-refractivity contribution is 6.05. The summed E-state index contributed by atoms with van der Waals surface area (Å²) in [7, 11) is 0.